The van der Waals surface area contributed by atoms with Gasteiger partial charge in [-0.2, -0.15) is 0 Å². The number of rotatable bonds is 4. The van der Waals surface area contributed by atoms with E-state index in [-0.39, 0.29) is 10.8 Å². The molecular formula is C44H36N4. The number of benzene rings is 6. The molecule has 48 heavy (non-hydrogen) atoms. The van der Waals surface area contributed by atoms with Gasteiger partial charge in [-0.1, -0.05) is 149 Å². The summed E-state index contributed by atoms with van der Waals surface area (Å²) < 4.78 is 0. The molecule has 4 heteroatoms. The van der Waals surface area contributed by atoms with Crippen molar-refractivity contribution in [1.29, 1.82) is 0 Å². The van der Waals surface area contributed by atoms with Crippen LogP contribution in [0.15, 0.2) is 140 Å². The second kappa shape index (κ2) is 10.4. The highest BCUT2D eigenvalue weighted by Crippen LogP contribution is 2.59. The van der Waals surface area contributed by atoms with E-state index in [9.17, 15) is 0 Å². The van der Waals surface area contributed by atoms with Crippen molar-refractivity contribution < 1.29 is 0 Å². The molecule has 0 radical (unpaired) electrons. The van der Waals surface area contributed by atoms with Gasteiger partial charge in [0.2, 0.25) is 0 Å². The monoisotopic (exact) mass is 620 g/mol. The van der Waals surface area contributed by atoms with E-state index in [2.05, 4.69) is 169 Å². The topological polar surface area (TPSA) is 44.8 Å². The molecule has 0 unspecified atom stereocenters. The smallest absolute Gasteiger partial charge is 0.162 e. The van der Waals surface area contributed by atoms with Crippen LogP contribution in [0.4, 0.5) is 17.1 Å². The first kappa shape index (κ1) is 28.5. The Bertz CT molecular complexity index is 2310. The van der Waals surface area contributed by atoms with E-state index in [1.807, 2.05) is 18.2 Å². The Kier molecular flexibility index (Phi) is 6.16. The normalized spacial score (nSPS) is 15.0. The summed E-state index contributed by atoms with van der Waals surface area (Å²) in [6.45, 7) is 9.47. The molecule has 2 heterocycles. The molecule has 0 saturated carbocycles. The van der Waals surface area contributed by atoms with Gasteiger partial charge in [-0.15, -0.1) is 10.2 Å². The Morgan fingerprint density at radius 3 is 1.58 bits per heavy atom. The van der Waals surface area contributed by atoms with E-state index in [0.717, 1.165) is 28.3 Å². The largest absolute Gasteiger partial charge is 0.321 e. The fourth-order valence-corrected chi connectivity index (χ4v) is 8.37. The molecule has 2 aliphatic rings. The molecule has 0 spiro atoms. The van der Waals surface area contributed by atoms with Crippen LogP contribution in [-0.4, -0.2) is 15.2 Å². The van der Waals surface area contributed by atoms with Crippen LogP contribution in [0.3, 0.4) is 0 Å². The fourth-order valence-electron chi connectivity index (χ4n) is 8.37. The standard InChI is InChI=1S/C44H36N4/c1-43(2)34-23-10-12-25-36(34)48(37-26-13-11-24-35(37)43)38-27-15-22-32-31-21-14-20-30(39(31)44(3,4)40(32)38)29-18-8-9-19-33(29)42-45-41(46-47-42)28-16-6-5-7-17-28/h5-27H,1-4H3,(H,45,46,47). The maximum Gasteiger partial charge on any atom is 0.162 e. The summed E-state index contributed by atoms with van der Waals surface area (Å²) in [4.78, 5) is 6.02. The van der Waals surface area contributed by atoms with Crippen LogP contribution in [0.1, 0.15) is 49.9 Å². The average molecular weight is 621 g/mol. The van der Waals surface area contributed by atoms with Gasteiger partial charge >= 0.3 is 0 Å². The number of anilines is 3. The minimum Gasteiger partial charge on any atom is -0.321 e. The maximum atomic E-state index is 4.64. The van der Waals surface area contributed by atoms with Crippen molar-refractivity contribution >= 4 is 17.1 Å². The van der Waals surface area contributed by atoms with Crippen LogP contribution in [0.5, 0.6) is 0 Å². The molecule has 0 bridgehead atoms. The summed E-state index contributed by atoms with van der Waals surface area (Å²) in [6, 6.07) is 50.2. The van der Waals surface area contributed by atoms with Gasteiger partial charge in [-0.25, -0.2) is 0 Å². The highest BCUT2D eigenvalue weighted by atomic mass is 15.2. The van der Waals surface area contributed by atoms with E-state index in [0.29, 0.717) is 0 Å². The second-order valence-corrected chi connectivity index (χ2v) is 14.0. The van der Waals surface area contributed by atoms with Crippen LogP contribution in [0.25, 0.3) is 45.0 Å². The summed E-state index contributed by atoms with van der Waals surface area (Å²) in [5.41, 5.74) is 15.6. The van der Waals surface area contributed by atoms with Crippen LogP contribution >= 0.6 is 0 Å². The summed E-state index contributed by atoms with van der Waals surface area (Å²) in [5.74, 6) is 1.53. The van der Waals surface area contributed by atoms with Gasteiger partial charge in [0.15, 0.2) is 11.6 Å². The van der Waals surface area contributed by atoms with Gasteiger partial charge in [0.05, 0.1) is 17.1 Å². The number of fused-ring (bicyclic) bond motifs is 5. The molecule has 1 N–H and O–H groups in total. The van der Waals surface area contributed by atoms with Crippen molar-refractivity contribution in [3.05, 3.63) is 162 Å². The van der Waals surface area contributed by atoms with Gasteiger partial charge in [0.1, 0.15) is 0 Å². The third-order valence-corrected chi connectivity index (χ3v) is 10.5. The van der Waals surface area contributed by atoms with Gasteiger partial charge in [0, 0.05) is 22.0 Å². The van der Waals surface area contributed by atoms with Gasteiger partial charge in [0.25, 0.3) is 0 Å². The van der Waals surface area contributed by atoms with Crippen molar-refractivity contribution in [2.75, 3.05) is 4.90 Å². The zero-order chi connectivity index (χ0) is 32.6. The highest BCUT2D eigenvalue weighted by molar-refractivity contribution is 5.97. The van der Waals surface area contributed by atoms with Crippen LogP contribution < -0.4 is 4.90 Å². The molecule has 0 fully saturated rings. The van der Waals surface area contributed by atoms with E-state index in [4.69, 9.17) is 0 Å². The first-order valence-corrected chi connectivity index (χ1v) is 16.7. The predicted molar refractivity (Wildman–Crippen MR) is 197 cm³/mol. The van der Waals surface area contributed by atoms with Crippen molar-refractivity contribution in [1.82, 2.24) is 15.2 Å². The third kappa shape index (κ3) is 4.02. The SMILES string of the molecule is CC1(C)c2ccccc2N(c2cccc3c2C(C)(C)c2c(-c4ccccc4-c4nnc(-c5ccccc5)[nH]4)cccc2-3)c2ccccc21. The number of hydrogen-bond donors (Lipinski definition) is 1. The Hall–Kier alpha value is -5.74. The lowest BCUT2D eigenvalue weighted by atomic mass is 9.73. The number of aromatic amines is 1. The molecule has 232 valence electrons. The zero-order valence-electron chi connectivity index (χ0n) is 27.6. The number of nitrogens with zero attached hydrogens (tertiary/aromatic N) is 3. The van der Waals surface area contributed by atoms with Crippen LogP contribution in [0.2, 0.25) is 0 Å². The summed E-state index contributed by atoms with van der Waals surface area (Å²) in [5, 5.41) is 9.17. The van der Waals surface area contributed by atoms with Crippen molar-refractivity contribution in [2.24, 2.45) is 0 Å². The van der Waals surface area contributed by atoms with Gasteiger partial charge in [-0.3, -0.25) is 0 Å². The predicted octanol–water partition coefficient (Wildman–Crippen LogP) is 11.2. The summed E-state index contributed by atoms with van der Waals surface area (Å²) in [7, 11) is 0. The molecule has 0 atom stereocenters. The molecule has 9 rings (SSSR count). The number of nitrogens with one attached hydrogen (secondary N) is 1. The van der Waals surface area contributed by atoms with Crippen molar-refractivity contribution in [2.45, 2.75) is 38.5 Å². The summed E-state index contributed by atoms with van der Waals surface area (Å²) in [6.07, 6.45) is 0. The quantitative estimate of drug-likeness (QED) is 0.213. The first-order valence-electron chi connectivity index (χ1n) is 16.7. The zero-order valence-corrected chi connectivity index (χ0v) is 27.6. The molecule has 0 saturated heterocycles. The second-order valence-electron chi connectivity index (χ2n) is 14.0. The van der Waals surface area contributed by atoms with E-state index < -0.39 is 0 Å². The average Bonchev–Trinajstić information content (AvgIpc) is 3.71. The van der Waals surface area contributed by atoms with Gasteiger partial charge < -0.3 is 9.88 Å². The Morgan fingerprint density at radius 2 is 0.896 bits per heavy atom. The molecule has 7 aromatic rings. The van der Waals surface area contributed by atoms with Gasteiger partial charge in [-0.05, 0) is 62.7 Å². The minimum atomic E-state index is -0.293. The lowest BCUT2D eigenvalue weighted by Crippen LogP contribution is -2.31. The lowest BCUT2D eigenvalue weighted by Gasteiger charge is -2.43. The Labute approximate surface area is 281 Å². The van der Waals surface area contributed by atoms with Crippen LogP contribution in [0, 0.1) is 0 Å². The molecule has 1 aliphatic heterocycles. The molecule has 0 amide bonds. The number of aromatic nitrogens is 3. The number of para-hydroxylation sites is 2. The number of H-pyrrole nitrogens is 1. The van der Waals surface area contributed by atoms with Crippen LogP contribution in [-0.2, 0) is 10.8 Å². The van der Waals surface area contributed by atoms with E-state index in [1.54, 1.807) is 0 Å². The Morgan fingerprint density at radius 1 is 0.417 bits per heavy atom. The molecule has 4 nitrogen and oxygen atoms in total. The lowest BCUT2D eigenvalue weighted by molar-refractivity contribution is 0.629. The molecule has 6 aromatic carbocycles. The molecule has 1 aliphatic carbocycles. The maximum absolute atomic E-state index is 4.64. The van der Waals surface area contributed by atoms with E-state index >= 15 is 0 Å². The summed E-state index contributed by atoms with van der Waals surface area (Å²) >= 11 is 0. The number of hydrogen-bond acceptors (Lipinski definition) is 3. The Balaban J connectivity index is 1.23. The van der Waals surface area contributed by atoms with E-state index in [1.165, 1.54) is 56.0 Å². The first-order chi connectivity index (χ1) is 23.4. The molecule has 1 aromatic heterocycles. The van der Waals surface area contributed by atoms with Crippen molar-refractivity contribution in [3.8, 4) is 45.0 Å². The third-order valence-electron chi connectivity index (χ3n) is 10.5. The van der Waals surface area contributed by atoms with Crippen molar-refractivity contribution in [3.63, 3.8) is 0 Å². The fraction of sp³-hybridized carbons (Fsp3) is 0.136. The highest BCUT2D eigenvalue weighted by Gasteiger charge is 2.43. The molecular weight excluding hydrogens is 585 g/mol. The minimum absolute atomic E-state index is 0.113.